The molecule has 4 nitrogen and oxygen atoms in total. The number of aromatic nitrogens is 4. The van der Waals surface area contributed by atoms with Gasteiger partial charge in [-0.2, -0.15) is 10.2 Å². The highest BCUT2D eigenvalue weighted by Gasteiger charge is 2.19. The van der Waals surface area contributed by atoms with E-state index >= 15 is 0 Å². The normalized spacial score (nSPS) is 10.7. The number of halogens is 5. The van der Waals surface area contributed by atoms with Gasteiger partial charge in [0.1, 0.15) is 23.3 Å². The maximum atomic E-state index is 13.6. The van der Waals surface area contributed by atoms with Gasteiger partial charge in [-0.05, 0) is 60.1 Å². The first-order valence-corrected chi connectivity index (χ1v) is 9.99. The molecule has 0 saturated heterocycles. The Morgan fingerprint density at radius 3 is 1.61 bits per heavy atom. The zero-order chi connectivity index (χ0) is 22.9. The Hall–Kier alpha value is -2.94. The van der Waals surface area contributed by atoms with Crippen LogP contribution in [0.1, 0.15) is 11.4 Å². The van der Waals surface area contributed by atoms with Gasteiger partial charge in [0, 0.05) is 14.1 Å². The molecule has 31 heavy (non-hydrogen) atoms. The molecule has 0 bridgehead atoms. The van der Waals surface area contributed by atoms with Crippen LogP contribution >= 0.6 is 15.9 Å². The lowest BCUT2D eigenvalue weighted by atomic mass is 10.1. The number of aryl methyl sites for hydroxylation is 4. The lowest BCUT2D eigenvalue weighted by Crippen LogP contribution is -1.98. The second-order valence-corrected chi connectivity index (χ2v) is 7.65. The van der Waals surface area contributed by atoms with Crippen molar-refractivity contribution in [3.63, 3.8) is 0 Å². The van der Waals surface area contributed by atoms with Gasteiger partial charge in [0.2, 0.25) is 0 Å². The zero-order valence-corrected chi connectivity index (χ0v) is 18.8. The van der Waals surface area contributed by atoms with E-state index in [1.807, 2.05) is 0 Å². The van der Waals surface area contributed by atoms with E-state index in [2.05, 4.69) is 26.1 Å². The van der Waals surface area contributed by atoms with Gasteiger partial charge in [-0.3, -0.25) is 9.36 Å². The second kappa shape index (κ2) is 9.05. The zero-order valence-electron chi connectivity index (χ0n) is 17.2. The molecule has 0 fully saturated rings. The van der Waals surface area contributed by atoms with E-state index in [1.165, 1.54) is 45.8 Å². The van der Waals surface area contributed by atoms with Crippen molar-refractivity contribution in [2.24, 2.45) is 14.1 Å². The average Bonchev–Trinajstić information content (AvgIpc) is 3.14. The van der Waals surface area contributed by atoms with Gasteiger partial charge in [0.15, 0.2) is 0 Å². The third kappa shape index (κ3) is 4.56. The molecular weight excluding hydrogens is 476 g/mol. The van der Waals surface area contributed by atoms with Crippen LogP contribution in [0.5, 0.6) is 0 Å². The molecule has 0 aliphatic heterocycles. The maximum Gasteiger partial charge on any atom is 0.135 e. The molecule has 0 aliphatic carbocycles. The molecule has 0 aliphatic rings. The monoisotopic (exact) mass is 494 g/mol. The Morgan fingerprint density at radius 2 is 1.23 bits per heavy atom. The fourth-order valence-corrected chi connectivity index (χ4v) is 3.75. The van der Waals surface area contributed by atoms with Crippen molar-refractivity contribution in [1.82, 2.24) is 19.6 Å². The Bertz CT molecular complexity index is 1210. The van der Waals surface area contributed by atoms with Crippen molar-refractivity contribution in [2.75, 3.05) is 0 Å². The van der Waals surface area contributed by atoms with Gasteiger partial charge in [-0.15, -0.1) is 0 Å². The highest BCUT2D eigenvalue weighted by Crippen LogP contribution is 2.33. The Morgan fingerprint density at radius 1 is 0.742 bits per heavy atom. The number of benzene rings is 2. The molecular formula is C22H19BrF4N4. The summed E-state index contributed by atoms with van der Waals surface area (Å²) in [5, 5.41) is 8.16. The van der Waals surface area contributed by atoms with Crippen LogP contribution in [0.4, 0.5) is 17.6 Å². The SMILES string of the molecule is Cc1cc(-c2c(F)cccc2F)n(C)n1.Cc1nn(C)c(-c2c(F)cccc2F)c1Br. The quantitative estimate of drug-likeness (QED) is 0.315. The van der Waals surface area contributed by atoms with Gasteiger partial charge < -0.3 is 0 Å². The van der Waals surface area contributed by atoms with E-state index in [1.54, 1.807) is 34.0 Å². The van der Waals surface area contributed by atoms with Crippen LogP contribution in [0.2, 0.25) is 0 Å². The van der Waals surface area contributed by atoms with Crippen LogP contribution in [-0.4, -0.2) is 19.6 Å². The van der Waals surface area contributed by atoms with Crippen LogP contribution in [-0.2, 0) is 14.1 Å². The molecule has 0 radical (unpaired) electrons. The van der Waals surface area contributed by atoms with Crippen LogP contribution in [0.3, 0.4) is 0 Å². The van der Waals surface area contributed by atoms with Crippen LogP contribution in [0, 0.1) is 37.1 Å². The molecule has 2 aromatic heterocycles. The van der Waals surface area contributed by atoms with Crippen molar-refractivity contribution in [3.05, 3.63) is 81.6 Å². The first-order chi connectivity index (χ1) is 14.6. The van der Waals surface area contributed by atoms with Crippen molar-refractivity contribution >= 4 is 15.9 Å². The van der Waals surface area contributed by atoms with E-state index in [-0.39, 0.29) is 11.1 Å². The summed E-state index contributed by atoms with van der Waals surface area (Å²) < 4.78 is 57.6. The van der Waals surface area contributed by atoms with Gasteiger partial charge in [-0.25, -0.2) is 17.6 Å². The molecule has 4 aromatic rings. The first kappa shape index (κ1) is 22.7. The number of nitrogens with zero attached hydrogens (tertiary/aromatic N) is 4. The Labute approximate surface area is 185 Å². The van der Waals surface area contributed by atoms with E-state index in [9.17, 15) is 17.6 Å². The minimum Gasteiger partial charge on any atom is -0.267 e. The molecule has 2 aromatic carbocycles. The summed E-state index contributed by atoms with van der Waals surface area (Å²) in [6.07, 6.45) is 0. The largest absolute Gasteiger partial charge is 0.267 e. The van der Waals surface area contributed by atoms with E-state index in [0.29, 0.717) is 21.6 Å². The van der Waals surface area contributed by atoms with Crippen molar-refractivity contribution < 1.29 is 17.6 Å². The van der Waals surface area contributed by atoms with Gasteiger partial charge >= 0.3 is 0 Å². The number of rotatable bonds is 2. The molecule has 2 heterocycles. The van der Waals surface area contributed by atoms with Crippen LogP contribution < -0.4 is 0 Å². The molecule has 0 spiro atoms. The Kier molecular flexibility index (Phi) is 6.64. The predicted molar refractivity (Wildman–Crippen MR) is 114 cm³/mol. The highest BCUT2D eigenvalue weighted by molar-refractivity contribution is 9.10. The smallest absolute Gasteiger partial charge is 0.135 e. The molecule has 0 unspecified atom stereocenters. The third-order valence-electron chi connectivity index (χ3n) is 4.57. The fraction of sp³-hybridized carbons (Fsp3) is 0.182. The van der Waals surface area contributed by atoms with E-state index in [0.717, 1.165) is 5.69 Å². The van der Waals surface area contributed by atoms with Gasteiger partial charge in [-0.1, -0.05) is 12.1 Å². The van der Waals surface area contributed by atoms with Crippen LogP contribution in [0.25, 0.3) is 22.5 Å². The summed E-state index contributed by atoms with van der Waals surface area (Å²) >= 11 is 3.29. The molecule has 9 heteroatoms. The molecule has 0 saturated carbocycles. The van der Waals surface area contributed by atoms with Crippen molar-refractivity contribution in [1.29, 1.82) is 0 Å². The number of hydrogen-bond acceptors (Lipinski definition) is 2. The summed E-state index contributed by atoms with van der Waals surface area (Å²) in [5.41, 5.74) is 2.20. The summed E-state index contributed by atoms with van der Waals surface area (Å²) in [7, 11) is 3.31. The van der Waals surface area contributed by atoms with Crippen molar-refractivity contribution in [3.8, 4) is 22.5 Å². The third-order valence-corrected chi connectivity index (χ3v) is 5.52. The lowest BCUT2D eigenvalue weighted by Gasteiger charge is -2.05. The van der Waals surface area contributed by atoms with Crippen LogP contribution in [0.15, 0.2) is 46.9 Å². The molecule has 4 rings (SSSR count). The minimum absolute atomic E-state index is 0.0272. The molecule has 162 valence electrons. The summed E-state index contributed by atoms with van der Waals surface area (Å²) in [6, 6.07) is 9.27. The highest BCUT2D eigenvalue weighted by atomic mass is 79.9. The summed E-state index contributed by atoms with van der Waals surface area (Å²) in [4.78, 5) is 0. The molecule has 0 amide bonds. The molecule has 0 N–H and O–H groups in total. The first-order valence-electron chi connectivity index (χ1n) is 9.20. The van der Waals surface area contributed by atoms with Crippen molar-refractivity contribution in [2.45, 2.75) is 13.8 Å². The van der Waals surface area contributed by atoms with Gasteiger partial charge in [0.05, 0.1) is 38.4 Å². The van der Waals surface area contributed by atoms with E-state index in [4.69, 9.17) is 0 Å². The molecule has 0 atom stereocenters. The lowest BCUT2D eigenvalue weighted by molar-refractivity contribution is 0.584. The minimum atomic E-state index is -0.594. The maximum absolute atomic E-state index is 13.6. The number of hydrogen-bond donors (Lipinski definition) is 0. The Balaban J connectivity index is 0.000000176. The van der Waals surface area contributed by atoms with E-state index < -0.39 is 23.3 Å². The standard InChI is InChI=1S/C11H9BrF2N2.C11H10F2N2/c1-6-10(12)11(16(2)15-6)9-7(13)4-3-5-8(9)14;1-7-6-10(15(2)14-7)11-8(12)4-3-5-9(11)13/h3-5H,1-2H3;3-6H,1-2H3. The fourth-order valence-electron chi connectivity index (χ4n) is 3.22. The summed E-state index contributed by atoms with van der Waals surface area (Å²) in [5.74, 6) is -2.33. The summed E-state index contributed by atoms with van der Waals surface area (Å²) in [6.45, 7) is 3.55. The average molecular weight is 495 g/mol. The second-order valence-electron chi connectivity index (χ2n) is 6.86. The topological polar surface area (TPSA) is 35.6 Å². The predicted octanol–water partition coefficient (Wildman–Crippen LogP) is 6.11. The van der Waals surface area contributed by atoms with Gasteiger partial charge in [0.25, 0.3) is 0 Å².